The molecule has 146 valence electrons. The fourth-order valence-electron chi connectivity index (χ4n) is 4.00. The molecular formula is C21H34ClN3O. The molecule has 2 N–H and O–H groups in total. The molecule has 26 heavy (non-hydrogen) atoms. The Labute approximate surface area is 164 Å². The van der Waals surface area contributed by atoms with Crippen molar-refractivity contribution in [2.45, 2.75) is 58.0 Å². The molecule has 1 amide bonds. The van der Waals surface area contributed by atoms with Crippen LogP contribution in [-0.2, 0) is 11.3 Å². The highest BCUT2D eigenvalue weighted by Gasteiger charge is 2.24. The normalized spacial score (nSPS) is 23.7. The smallest absolute Gasteiger partial charge is 0.237 e. The van der Waals surface area contributed by atoms with E-state index in [1.165, 1.54) is 30.5 Å². The fourth-order valence-corrected chi connectivity index (χ4v) is 4.00. The lowest BCUT2D eigenvalue weighted by Crippen LogP contribution is -2.45. The number of carbonyl (C=O) groups is 1. The predicted octanol–water partition coefficient (Wildman–Crippen LogP) is 3.31. The van der Waals surface area contributed by atoms with Crippen LogP contribution in [0.3, 0.4) is 0 Å². The van der Waals surface area contributed by atoms with Gasteiger partial charge in [0.05, 0.1) is 6.04 Å². The lowest BCUT2D eigenvalue weighted by atomic mass is 9.96. The van der Waals surface area contributed by atoms with E-state index >= 15 is 0 Å². The van der Waals surface area contributed by atoms with Gasteiger partial charge < -0.3 is 10.6 Å². The molecule has 3 rings (SSSR count). The molecule has 1 aromatic rings. The van der Waals surface area contributed by atoms with E-state index in [9.17, 15) is 4.79 Å². The molecule has 2 saturated heterocycles. The van der Waals surface area contributed by atoms with Crippen LogP contribution in [0.4, 0.5) is 0 Å². The average Bonchev–Trinajstić information content (AvgIpc) is 3.15. The number of nitrogens with one attached hydrogen (secondary N) is 2. The van der Waals surface area contributed by atoms with Crippen LogP contribution < -0.4 is 10.6 Å². The first-order chi connectivity index (χ1) is 12.1. The van der Waals surface area contributed by atoms with Crippen molar-refractivity contribution >= 4 is 18.3 Å². The number of carbonyl (C=O) groups excluding carboxylic acids is 1. The minimum absolute atomic E-state index is 0. The van der Waals surface area contributed by atoms with Crippen molar-refractivity contribution in [2.24, 2.45) is 5.92 Å². The van der Waals surface area contributed by atoms with Crippen molar-refractivity contribution in [3.8, 4) is 0 Å². The van der Waals surface area contributed by atoms with Gasteiger partial charge >= 0.3 is 0 Å². The Morgan fingerprint density at radius 2 is 2.00 bits per heavy atom. The Balaban J connectivity index is 0.00000243. The number of hydrogen-bond donors (Lipinski definition) is 2. The summed E-state index contributed by atoms with van der Waals surface area (Å²) in [4.78, 5) is 14.7. The topological polar surface area (TPSA) is 44.4 Å². The fraction of sp³-hybridized carbons (Fsp3) is 0.667. The van der Waals surface area contributed by atoms with Gasteiger partial charge in [-0.3, -0.25) is 9.69 Å². The first-order valence-corrected chi connectivity index (χ1v) is 9.94. The summed E-state index contributed by atoms with van der Waals surface area (Å²) in [6.45, 7) is 9.54. The van der Waals surface area contributed by atoms with Crippen LogP contribution in [0, 0.1) is 5.92 Å². The van der Waals surface area contributed by atoms with Crippen LogP contribution in [-0.4, -0.2) is 43.0 Å². The van der Waals surface area contributed by atoms with Crippen molar-refractivity contribution in [3.63, 3.8) is 0 Å². The Morgan fingerprint density at radius 3 is 2.65 bits per heavy atom. The van der Waals surface area contributed by atoms with Gasteiger partial charge in [-0.2, -0.15) is 0 Å². The van der Waals surface area contributed by atoms with Crippen LogP contribution >= 0.6 is 12.4 Å². The number of piperidine rings is 1. The van der Waals surface area contributed by atoms with E-state index in [2.05, 4.69) is 53.6 Å². The number of hydrogen-bond acceptors (Lipinski definition) is 3. The highest BCUT2D eigenvalue weighted by molar-refractivity contribution is 5.85. The maximum Gasteiger partial charge on any atom is 0.237 e. The van der Waals surface area contributed by atoms with Crippen molar-refractivity contribution in [1.82, 2.24) is 15.5 Å². The summed E-state index contributed by atoms with van der Waals surface area (Å²) in [5, 5.41) is 6.45. The molecule has 0 aromatic heterocycles. The number of halogens is 1. The SMILES string of the molecule is CC(C)c1ccc(CN2CCCC(CNC(=O)C3CCCN3)C2)cc1.Cl. The first-order valence-electron chi connectivity index (χ1n) is 9.94. The highest BCUT2D eigenvalue weighted by Crippen LogP contribution is 2.20. The number of nitrogens with zero attached hydrogens (tertiary/aromatic N) is 1. The summed E-state index contributed by atoms with van der Waals surface area (Å²) in [6.07, 6.45) is 4.55. The molecule has 0 saturated carbocycles. The standard InChI is InChI=1S/C21H33N3O.ClH/c1-16(2)19-9-7-17(8-10-19)14-24-12-4-5-18(15-24)13-23-21(25)20-6-3-11-22-20;/h7-10,16,18,20,22H,3-6,11-15H2,1-2H3,(H,23,25);1H. The van der Waals surface area contributed by atoms with E-state index in [-0.39, 0.29) is 24.4 Å². The summed E-state index contributed by atoms with van der Waals surface area (Å²) >= 11 is 0. The Morgan fingerprint density at radius 1 is 1.23 bits per heavy atom. The van der Waals surface area contributed by atoms with Crippen molar-refractivity contribution in [1.29, 1.82) is 0 Å². The second kappa shape index (κ2) is 10.3. The Kier molecular flexibility index (Phi) is 8.39. The van der Waals surface area contributed by atoms with E-state index in [0.717, 1.165) is 39.0 Å². The summed E-state index contributed by atoms with van der Waals surface area (Å²) in [6, 6.07) is 9.10. The van der Waals surface area contributed by atoms with E-state index in [1.54, 1.807) is 0 Å². The maximum absolute atomic E-state index is 12.2. The third kappa shape index (κ3) is 5.97. The molecule has 0 bridgehead atoms. The predicted molar refractivity (Wildman–Crippen MR) is 110 cm³/mol. The molecule has 2 aliphatic heterocycles. The van der Waals surface area contributed by atoms with Gasteiger partial charge in [0.1, 0.15) is 0 Å². The molecule has 0 aliphatic carbocycles. The average molecular weight is 380 g/mol. The number of amides is 1. The zero-order valence-corrected chi connectivity index (χ0v) is 17.0. The zero-order chi connectivity index (χ0) is 17.6. The van der Waals surface area contributed by atoms with Crippen molar-refractivity contribution in [2.75, 3.05) is 26.2 Å². The monoisotopic (exact) mass is 379 g/mol. The summed E-state index contributed by atoms with van der Waals surface area (Å²) in [7, 11) is 0. The number of rotatable bonds is 6. The molecule has 1 aromatic carbocycles. The molecule has 0 radical (unpaired) electrons. The molecule has 2 heterocycles. The lowest BCUT2D eigenvalue weighted by molar-refractivity contribution is -0.123. The van der Waals surface area contributed by atoms with E-state index in [4.69, 9.17) is 0 Å². The van der Waals surface area contributed by atoms with Crippen LogP contribution in [0.1, 0.15) is 56.6 Å². The van der Waals surface area contributed by atoms with Gasteiger partial charge in [-0.1, -0.05) is 38.1 Å². The third-order valence-corrected chi connectivity index (χ3v) is 5.60. The van der Waals surface area contributed by atoms with E-state index in [1.807, 2.05) is 0 Å². The largest absolute Gasteiger partial charge is 0.354 e. The second-order valence-electron chi connectivity index (χ2n) is 8.03. The number of likely N-dealkylation sites (tertiary alicyclic amines) is 1. The minimum atomic E-state index is 0. The molecule has 0 spiro atoms. The van der Waals surface area contributed by atoms with E-state index in [0.29, 0.717) is 11.8 Å². The minimum Gasteiger partial charge on any atom is -0.354 e. The van der Waals surface area contributed by atoms with Crippen LogP contribution in [0.5, 0.6) is 0 Å². The molecule has 4 nitrogen and oxygen atoms in total. The van der Waals surface area contributed by atoms with Crippen LogP contribution in [0.2, 0.25) is 0 Å². The van der Waals surface area contributed by atoms with Gasteiger partial charge in [-0.15, -0.1) is 12.4 Å². The van der Waals surface area contributed by atoms with Crippen LogP contribution in [0.25, 0.3) is 0 Å². The zero-order valence-electron chi connectivity index (χ0n) is 16.2. The molecule has 2 atom stereocenters. The van der Waals surface area contributed by atoms with Crippen LogP contribution in [0.15, 0.2) is 24.3 Å². The van der Waals surface area contributed by atoms with Crippen molar-refractivity contribution < 1.29 is 4.79 Å². The lowest BCUT2D eigenvalue weighted by Gasteiger charge is -2.33. The Bertz CT molecular complexity index is 555. The Hall–Kier alpha value is -1.10. The van der Waals surface area contributed by atoms with Gasteiger partial charge in [0.15, 0.2) is 0 Å². The quantitative estimate of drug-likeness (QED) is 0.796. The third-order valence-electron chi connectivity index (χ3n) is 5.60. The maximum atomic E-state index is 12.2. The van der Waals surface area contributed by atoms with Gasteiger partial charge in [0, 0.05) is 19.6 Å². The van der Waals surface area contributed by atoms with Gasteiger partial charge in [0.25, 0.3) is 0 Å². The van der Waals surface area contributed by atoms with Crippen molar-refractivity contribution in [3.05, 3.63) is 35.4 Å². The van der Waals surface area contributed by atoms with E-state index < -0.39 is 0 Å². The molecule has 5 heteroatoms. The second-order valence-corrected chi connectivity index (χ2v) is 8.03. The molecule has 2 fully saturated rings. The molecule has 2 aliphatic rings. The number of benzene rings is 1. The summed E-state index contributed by atoms with van der Waals surface area (Å²) in [5.74, 6) is 1.36. The molecule has 2 unspecified atom stereocenters. The summed E-state index contributed by atoms with van der Waals surface area (Å²) < 4.78 is 0. The van der Waals surface area contributed by atoms with Gasteiger partial charge in [0.2, 0.25) is 5.91 Å². The highest BCUT2D eigenvalue weighted by atomic mass is 35.5. The van der Waals surface area contributed by atoms with Gasteiger partial charge in [-0.25, -0.2) is 0 Å². The van der Waals surface area contributed by atoms with Gasteiger partial charge in [-0.05, 0) is 61.7 Å². The molecular weight excluding hydrogens is 346 g/mol. The summed E-state index contributed by atoms with van der Waals surface area (Å²) in [5.41, 5.74) is 2.80. The first kappa shape index (κ1) is 21.2.